The number of amides is 1. The maximum absolute atomic E-state index is 15.1. The van der Waals surface area contributed by atoms with E-state index in [4.69, 9.17) is 9.47 Å². The molecule has 1 aromatic rings. The van der Waals surface area contributed by atoms with Gasteiger partial charge in [0, 0.05) is 32.7 Å². The van der Waals surface area contributed by atoms with E-state index in [0.717, 1.165) is 37.9 Å². The monoisotopic (exact) mass is 416 g/mol. The second-order valence-corrected chi connectivity index (χ2v) is 10.3. The lowest BCUT2D eigenvalue weighted by atomic mass is 9.59. The quantitative estimate of drug-likeness (QED) is 0.817. The van der Waals surface area contributed by atoms with Crippen molar-refractivity contribution in [3.8, 4) is 0 Å². The van der Waals surface area contributed by atoms with E-state index in [2.05, 4.69) is 24.1 Å². The Bertz CT molecular complexity index is 838. The number of anilines is 1. The van der Waals surface area contributed by atoms with Crippen LogP contribution in [-0.2, 0) is 14.3 Å². The van der Waals surface area contributed by atoms with Gasteiger partial charge in [-0.15, -0.1) is 0 Å². The summed E-state index contributed by atoms with van der Waals surface area (Å²) in [5, 5.41) is 3.30. The molecule has 0 unspecified atom stereocenters. The summed E-state index contributed by atoms with van der Waals surface area (Å²) in [4.78, 5) is 14.1. The zero-order valence-electron chi connectivity index (χ0n) is 18.2. The van der Waals surface area contributed by atoms with Gasteiger partial charge < -0.3 is 19.7 Å². The number of carbonyl (C=O) groups excluding carboxylic acids is 1. The summed E-state index contributed by atoms with van der Waals surface area (Å²) in [6.07, 6.45) is 3.07. The molecule has 164 valence electrons. The fourth-order valence-corrected chi connectivity index (χ4v) is 7.08. The zero-order valence-corrected chi connectivity index (χ0v) is 18.2. The van der Waals surface area contributed by atoms with Crippen LogP contribution in [0.15, 0.2) is 18.2 Å². The SMILES string of the molecule is CC(=O)N[C@H]1C(C)(C)[C@@H]2C[C@@H]3[C@@H](c4ccc(N5CCOCC5)c(F)c4)OCC[C@@]31C2. The predicted octanol–water partition coefficient (Wildman–Crippen LogP) is 3.68. The van der Waals surface area contributed by atoms with Crippen LogP contribution < -0.4 is 10.2 Å². The van der Waals surface area contributed by atoms with Crippen molar-refractivity contribution in [3.05, 3.63) is 29.6 Å². The second kappa shape index (κ2) is 7.20. The summed E-state index contributed by atoms with van der Waals surface area (Å²) in [6, 6.07) is 5.78. The molecule has 5 atom stereocenters. The average molecular weight is 417 g/mol. The lowest BCUT2D eigenvalue weighted by Gasteiger charge is -2.53. The third-order valence-electron chi connectivity index (χ3n) is 8.50. The van der Waals surface area contributed by atoms with Gasteiger partial charge in [0.25, 0.3) is 0 Å². The van der Waals surface area contributed by atoms with Crippen LogP contribution in [0, 0.1) is 28.5 Å². The third-order valence-corrected chi connectivity index (χ3v) is 8.50. The third kappa shape index (κ3) is 2.98. The Kier molecular flexibility index (Phi) is 4.86. The molecule has 0 aromatic heterocycles. The molecule has 2 saturated carbocycles. The first-order valence-corrected chi connectivity index (χ1v) is 11.3. The fourth-order valence-electron chi connectivity index (χ4n) is 7.08. The summed E-state index contributed by atoms with van der Waals surface area (Å²) in [5.41, 5.74) is 1.70. The highest BCUT2D eigenvalue weighted by molar-refractivity contribution is 5.73. The first-order valence-electron chi connectivity index (χ1n) is 11.3. The van der Waals surface area contributed by atoms with E-state index in [1.165, 1.54) is 0 Å². The van der Waals surface area contributed by atoms with Crippen molar-refractivity contribution >= 4 is 11.6 Å². The van der Waals surface area contributed by atoms with Crippen LogP contribution in [-0.4, -0.2) is 44.9 Å². The molecule has 6 heteroatoms. The van der Waals surface area contributed by atoms with Gasteiger partial charge in [0.2, 0.25) is 5.91 Å². The van der Waals surface area contributed by atoms with E-state index in [9.17, 15) is 4.79 Å². The number of nitrogens with one attached hydrogen (secondary N) is 1. The molecule has 2 aliphatic heterocycles. The molecule has 2 saturated heterocycles. The highest BCUT2D eigenvalue weighted by Crippen LogP contribution is 2.70. The number of rotatable bonds is 3. The molecule has 4 fully saturated rings. The summed E-state index contributed by atoms with van der Waals surface area (Å²) < 4.78 is 26.8. The van der Waals surface area contributed by atoms with Gasteiger partial charge in [0.05, 0.1) is 25.0 Å². The number of nitrogens with zero attached hydrogens (tertiary/aromatic N) is 1. The van der Waals surface area contributed by atoms with Crippen molar-refractivity contribution in [1.82, 2.24) is 5.32 Å². The van der Waals surface area contributed by atoms with Crippen LogP contribution in [0.2, 0.25) is 0 Å². The van der Waals surface area contributed by atoms with Gasteiger partial charge in [-0.05, 0) is 59.6 Å². The van der Waals surface area contributed by atoms with Gasteiger partial charge in [-0.25, -0.2) is 4.39 Å². The van der Waals surface area contributed by atoms with Gasteiger partial charge in [0.1, 0.15) is 5.82 Å². The number of ether oxygens (including phenoxy) is 2. The van der Waals surface area contributed by atoms with Crippen molar-refractivity contribution in [1.29, 1.82) is 0 Å². The molecule has 2 bridgehead atoms. The minimum Gasteiger partial charge on any atom is -0.378 e. The Hall–Kier alpha value is -1.66. The van der Waals surface area contributed by atoms with E-state index in [0.29, 0.717) is 37.3 Å². The highest BCUT2D eigenvalue weighted by Gasteiger charge is 2.68. The molecule has 5 nitrogen and oxygen atoms in total. The van der Waals surface area contributed by atoms with Gasteiger partial charge in [0.15, 0.2) is 0 Å². The first-order chi connectivity index (χ1) is 14.3. The lowest BCUT2D eigenvalue weighted by Crippen LogP contribution is -2.58. The van der Waals surface area contributed by atoms with Gasteiger partial charge >= 0.3 is 0 Å². The largest absolute Gasteiger partial charge is 0.378 e. The number of fused-ring (bicyclic) bond motifs is 1. The topological polar surface area (TPSA) is 50.8 Å². The summed E-state index contributed by atoms with van der Waals surface area (Å²) in [5.74, 6) is 0.730. The number of hydrogen-bond acceptors (Lipinski definition) is 4. The number of halogens is 1. The molecule has 1 N–H and O–H groups in total. The van der Waals surface area contributed by atoms with Crippen molar-refractivity contribution in [3.63, 3.8) is 0 Å². The Morgan fingerprint density at radius 2 is 2.00 bits per heavy atom. The Morgan fingerprint density at radius 3 is 2.70 bits per heavy atom. The number of morpholine rings is 1. The Labute approximate surface area is 178 Å². The van der Waals surface area contributed by atoms with Crippen molar-refractivity contribution < 1.29 is 18.7 Å². The summed E-state index contributed by atoms with van der Waals surface area (Å²) >= 11 is 0. The van der Waals surface area contributed by atoms with E-state index in [1.54, 1.807) is 13.0 Å². The molecule has 4 aliphatic rings. The second-order valence-electron chi connectivity index (χ2n) is 10.3. The average Bonchev–Trinajstić information content (AvgIpc) is 3.21. The molecular formula is C24H33FN2O3. The highest BCUT2D eigenvalue weighted by atomic mass is 19.1. The van der Waals surface area contributed by atoms with Crippen LogP contribution in [0.25, 0.3) is 0 Å². The van der Waals surface area contributed by atoms with E-state index in [1.807, 2.05) is 12.1 Å². The van der Waals surface area contributed by atoms with Gasteiger partial charge in [-0.1, -0.05) is 19.9 Å². The summed E-state index contributed by atoms with van der Waals surface area (Å²) in [7, 11) is 0. The van der Waals surface area contributed by atoms with Crippen molar-refractivity contribution in [2.45, 2.75) is 52.2 Å². The van der Waals surface area contributed by atoms with Crippen LogP contribution >= 0.6 is 0 Å². The number of carbonyl (C=O) groups is 1. The molecule has 0 radical (unpaired) electrons. The fraction of sp³-hybridized carbons (Fsp3) is 0.708. The predicted molar refractivity (Wildman–Crippen MR) is 113 cm³/mol. The molecule has 1 spiro atoms. The van der Waals surface area contributed by atoms with E-state index in [-0.39, 0.29) is 34.7 Å². The molecule has 5 rings (SSSR count). The maximum Gasteiger partial charge on any atom is 0.217 e. The number of benzene rings is 1. The Balaban J connectivity index is 1.44. The first kappa shape index (κ1) is 20.3. The lowest BCUT2D eigenvalue weighted by molar-refractivity contribution is -0.136. The molecule has 30 heavy (non-hydrogen) atoms. The van der Waals surface area contributed by atoms with Crippen LogP contribution in [0.3, 0.4) is 0 Å². The van der Waals surface area contributed by atoms with E-state index >= 15 is 4.39 Å². The zero-order chi connectivity index (χ0) is 21.1. The molecule has 2 aliphatic carbocycles. The normalized spacial score (nSPS) is 37.1. The van der Waals surface area contributed by atoms with Crippen LogP contribution in [0.5, 0.6) is 0 Å². The van der Waals surface area contributed by atoms with Gasteiger partial charge in [-0.3, -0.25) is 4.79 Å². The summed E-state index contributed by atoms with van der Waals surface area (Å²) in [6.45, 7) is 9.58. The molecule has 1 amide bonds. The Morgan fingerprint density at radius 1 is 1.23 bits per heavy atom. The smallest absolute Gasteiger partial charge is 0.217 e. The molecular weight excluding hydrogens is 383 g/mol. The number of hydrogen-bond donors (Lipinski definition) is 1. The van der Waals surface area contributed by atoms with Crippen molar-refractivity contribution in [2.24, 2.45) is 22.7 Å². The van der Waals surface area contributed by atoms with E-state index < -0.39 is 0 Å². The van der Waals surface area contributed by atoms with Crippen LogP contribution in [0.4, 0.5) is 10.1 Å². The van der Waals surface area contributed by atoms with Crippen LogP contribution in [0.1, 0.15) is 51.7 Å². The minimum absolute atomic E-state index is 0.0395. The molecule has 1 aromatic carbocycles. The van der Waals surface area contributed by atoms with Gasteiger partial charge in [-0.2, -0.15) is 0 Å². The minimum atomic E-state index is -0.181. The standard InChI is InChI=1S/C24H33FN2O3/c1-15(28)26-22-23(2,3)17-13-18-21(30-9-6-24(18,22)14-17)16-4-5-20(19(25)12-16)27-7-10-29-11-8-27/h4-5,12,17-18,21-22H,6-11,13-14H2,1-3H3,(H,26,28)/t17-,18-,21-,22+,24-/m1/s1. The van der Waals surface area contributed by atoms with Crippen molar-refractivity contribution in [2.75, 3.05) is 37.8 Å². The molecule has 2 heterocycles. The maximum atomic E-state index is 15.1.